The molecule has 4 aromatic rings. The summed E-state index contributed by atoms with van der Waals surface area (Å²) < 4.78 is 0.702. The lowest BCUT2D eigenvalue weighted by Crippen LogP contribution is -2.20. The molecular formula is C27H26ClN3OS. The topological polar surface area (TPSA) is 54.4 Å². The third kappa shape index (κ3) is 5.32. The fourth-order valence-corrected chi connectivity index (χ4v) is 4.73. The van der Waals surface area contributed by atoms with Crippen LogP contribution in [0.2, 0.25) is 4.34 Å². The van der Waals surface area contributed by atoms with Gasteiger partial charge in [-0.3, -0.25) is 4.79 Å². The first-order chi connectivity index (χ1) is 16.0. The van der Waals surface area contributed by atoms with Gasteiger partial charge in [0.2, 0.25) is 0 Å². The normalized spacial score (nSPS) is 11.8. The number of para-hydroxylation sites is 1. The van der Waals surface area contributed by atoms with Crippen molar-refractivity contribution in [2.75, 3.05) is 0 Å². The lowest BCUT2D eigenvalue weighted by atomic mass is 9.99. The predicted octanol–water partition coefficient (Wildman–Crippen LogP) is 7.67. The summed E-state index contributed by atoms with van der Waals surface area (Å²) >= 11 is 7.56. The number of pyridine rings is 1. The fraction of sp³-hybridized carbons (Fsp3) is 0.222. The number of thiophene rings is 1. The van der Waals surface area contributed by atoms with Crippen LogP contribution in [0.25, 0.3) is 22.2 Å². The van der Waals surface area contributed by atoms with Crippen LogP contribution in [0.4, 0.5) is 0 Å². The Bertz CT molecular complexity index is 1310. The highest BCUT2D eigenvalue weighted by Crippen LogP contribution is 2.27. The Kier molecular flexibility index (Phi) is 7.21. The first-order valence-corrected chi connectivity index (χ1v) is 12.3. The Morgan fingerprint density at radius 2 is 1.85 bits per heavy atom. The lowest BCUT2D eigenvalue weighted by Gasteiger charge is -2.11. The van der Waals surface area contributed by atoms with E-state index in [0.29, 0.717) is 15.8 Å². The Labute approximate surface area is 203 Å². The smallest absolute Gasteiger partial charge is 0.267 e. The molecule has 0 fully saturated rings. The first-order valence-electron chi connectivity index (χ1n) is 11.1. The zero-order valence-corrected chi connectivity index (χ0v) is 20.5. The van der Waals surface area contributed by atoms with Crippen molar-refractivity contribution in [2.45, 2.75) is 39.5 Å². The molecule has 2 heterocycles. The molecule has 4 rings (SSSR count). The van der Waals surface area contributed by atoms with Crippen LogP contribution >= 0.6 is 22.9 Å². The van der Waals surface area contributed by atoms with Crippen molar-refractivity contribution in [2.24, 2.45) is 5.10 Å². The molecule has 0 aliphatic heterocycles. The standard InChI is InChI=1S/C27H26ClN3OS/c1-4-7-23(25-14-15-26(28)33-25)30-31-27(32)21-16-24(29-22-9-6-5-8-20(21)22)19-12-10-18(11-13-19)17(2)3/h5-6,8-17H,4,7H2,1-3H3,(H,31,32). The van der Waals surface area contributed by atoms with E-state index in [0.717, 1.165) is 45.6 Å². The molecule has 1 N–H and O–H groups in total. The van der Waals surface area contributed by atoms with Crippen molar-refractivity contribution in [3.8, 4) is 11.3 Å². The van der Waals surface area contributed by atoms with Gasteiger partial charge in [-0.05, 0) is 42.2 Å². The number of hydrogen-bond donors (Lipinski definition) is 1. The quantitative estimate of drug-likeness (QED) is 0.220. The van der Waals surface area contributed by atoms with E-state index in [1.165, 1.54) is 16.9 Å². The monoisotopic (exact) mass is 475 g/mol. The highest BCUT2D eigenvalue weighted by molar-refractivity contribution is 7.18. The number of benzene rings is 2. The lowest BCUT2D eigenvalue weighted by molar-refractivity contribution is 0.0956. The third-order valence-electron chi connectivity index (χ3n) is 5.47. The second-order valence-electron chi connectivity index (χ2n) is 8.20. The van der Waals surface area contributed by atoms with Crippen LogP contribution in [-0.4, -0.2) is 16.6 Å². The first kappa shape index (κ1) is 23.1. The summed E-state index contributed by atoms with van der Waals surface area (Å²) in [5.41, 5.74) is 7.92. The Balaban J connectivity index is 1.70. The van der Waals surface area contributed by atoms with Gasteiger partial charge in [0, 0.05) is 10.9 Å². The van der Waals surface area contributed by atoms with Gasteiger partial charge in [-0.25, -0.2) is 10.4 Å². The second-order valence-corrected chi connectivity index (χ2v) is 9.92. The van der Waals surface area contributed by atoms with Crippen LogP contribution in [0, 0.1) is 0 Å². The van der Waals surface area contributed by atoms with Gasteiger partial charge >= 0.3 is 0 Å². The molecule has 0 saturated heterocycles. The number of aromatic nitrogens is 1. The van der Waals surface area contributed by atoms with Gasteiger partial charge in [0.05, 0.1) is 31.7 Å². The molecule has 168 valence electrons. The molecule has 2 aromatic heterocycles. The summed E-state index contributed by atoms with van der Waals surface area (Å²) in [6, 6.07) is 21.7. The number of carbonyl (C=O) groups excluding carboxylic acids is 1. The van der Waals surface area contributed by atoms with Gasteiger partial charge in [-0.2, -0.15) is 5.10 Å². The molecular weight excluding hydrogens is 450 g/mol. The van der Waals surface area contributed by atoms with Gasteiger partial charge < -0.3 is 0 Å². The predicted molar refractivity (Wildman–Crippen MR) is 140 cm³/mol. The van der Waals surface area contributed by atoms with E-state index in [-0.39, 0.29) is 5.91 Å². The Morgan fingerprint density at radius 3 is 2.52 bits per heavy atom. The summed E-state index contributed by atoms with van der Waals surface area (Å²) in [7, 11) is 0. The second kappa shape index (κ2) is 10.3. The molecule has 0 bridgehead atoms. The van der Waals surface area contributed by atoms with Crippen LogP contribution < -0.4 is 5.43 Å². The van der Waals surface area contributed by atoms with Crippen molar-refractivity contribution in [3.63, 3.8) is 0 Å². The molecule has 0 radical (unpaired) electrons. The van der Waals surface area contributed by atoms with Crippen molar-refractivity contribution in [1.82, 2.24) is 10.4 Å². The van der Waals surface area contributed by atoms with E-state index < -0.39 is 0 Å². The molecule has 2 aromatic carbocycles. The number of amides is 1. The number of nitrogens with zero attached hydrogens (tertiary/aromatic N) is 2. The number of carbonyl (C=O) groups is 1. The van der Waals surface area contributed by atoms with E-state index in [2.05, 4.69) is 55.6 Å². The van der Waals surface area contributed by atoms with E-state index >= 15 is 0 Å². The van der Waals surface area contributed by atoms with Crippen molar-refractivity contribution < 1.29 is 4.79 Å². The van der Waals surface area contributed by atoms with Gasteiger partial charge in [-0.1, -0.05) is 81.3 Å². The van der Waals surface area contributed by atoms with Crippen LogP contribution in [0.3, 0.4) is 0 Å². The summed E-state index contributed by atoms with van der Waals surface area (Å²) in [4.78, 5) is 19.0. The molecule has 6 heteroatoms. The number of fused-ring (bicyclic) bond motifs is 1. The van der Waals surface area contributed by atoms with E-state index in [4.69, 9.17) is 16.6 Å². The molecule has 0 aliphatic carbocycles. The summed E-state index contributed by atoms with van der Waals surface area (Å²) in [5, 5.41) is 5.26. The molecule has 4 nitrogen and oxygen atoms in total. The van der Waals surface area contributed by atoms with E-state index in [1.807, 2.05) is 42.5 Å². The zero-order valence-electron chi connectivity index (χ0n) is 18.9. The van der Waals surface area contributed by atoms with Crippen molar-refractivity contribution >= 4 is 45.5 Å². The van der Waals surface area contributed by atoms with E-state index in [9.17, 15) is 4.79 Å². The average Bonchev–Trinajstić information content (AvgIpc) is 3.27. The van der Waals surface area contributed by atoms with Crippen molar-refractivity contribution in [1.29, 1.82) is 0 Å². The Morgan fingerprint density at radius 1 is 1.09 bits per heavy atom. The van der Waals surface area contributed by atoms with E-state index in [1.54, 1.807) is 0 Å². The van der Waals surface area contributed by atoms with Crippen LogP contribution in [0.5, 0.6) is 0 Å². The SMILES string of the molecule is CCCC(=NNC(=O)c1cc(-c2ccc(C(C)C)cc2)nc2ccccc12)c1ccc(Cl)s1. The number of hydrogen-bond acceptors (Lipinski definition) is 4. The summed E-state index contributed by atoms with van der Waals surface area (Å²) in [6.45, 7) is 6.42. The molecule has 0 saturated carbocycles. The molecule has 1 amide bonds. The van der Waals surface area contributed by atoms with Crippen molar-refractivity contribution in [3.05, 3.63) is 87.1 Å². The minimum atomic E-state index is -0.259. The van der Waals surface area contributed by atoms with Gasteiger partial charge in [-0.15, -0.1) is 11.3 Å². The minimum absolute atomic E-state index is 0.259. The highest BCUT2D eigenvalue weighted by atomic mass is 35.5. The Hall–Kier alpha value is -3.02. The van der Waals surface area contributed by atoms with Gasteiger partial charge in [0.25, 0.3) is 5.91 Å². The maximum atomic E-state index is 13.3. The number of hydrazone groups is 1. The molecule has 33 heavy (non-hydrogen) atoms. The molecule has 0 spiro atoms. The minimum Gasteiger partial charge on any atom is -0.267 e. The number of nitrogens with one attached hydrogen (secondary N) is 1. The summed E-state index contributed by atoms with van der Waals surface area (Å²) in [5.74, 6) is 0.197. The number of rotatable bonds is 7. The van der Waals surface area contributed by atoms with Crippen LogP contribution in [-0.2, 0) is 0 Å². The highest BCUT2D eigenvalue weighted by Gasteiger charge is 2.15. The maximum absolute atomic E-state index is 13.3. The number of halogens is 1. The fourth-order valence-electron chi connectivity index (χ4n) is 3.67. The largest absolute Gasteiger partial charge is 0.272 e. The maximum Gasteiger partial charge on any atom is 0.272 e. The van der Waals surface area contributed by atoms with Crippen LogP contribution in [0.15, 0.2) is 71.8 Å². The zero-order chi connectivity index (χ0) is 23.4. The van der Waals surface area contributed by atoms with Gasteiger partial charge in [0.15, 0.2) is 0 Å². The average molecular weight is 476 g/mol. The molecule has 0 unspecified atom stereocenters. The molecule has 0 aliphatic rings. The van der Waals surface area contributed by atoms with Crippen LogP contribution in [0.1, 0.15) is 60.3 Å². The molecule has 0 atom stereocenters. The summed E-state index contributed by atoms with van der Waals surface area (Å²) in [6.07, 6.45) is 1.67. The third-order valence-corrected chi connectivity index (χ3v) is 6.75. The van der Waals surface area contributed by atoms with Gasteiger partial charge in [0.1, 0.15) is 0 Å².